The Kier molecular flexibility index (Phi) is 6.51. The van der Waals surface area contributed by atoms with Crippen LogP contribution >= 0.6 is 0 Å². The maximum atomic E-state index is 12.2. The number of nitrogens with one attached hydrogen (secondary N) is 1. The Morgan fingerprint density at radius 3 is 2.58 bits per heavy atom. The Morgan fingerprint density at radius 2 is 1.92 bits per heavy atom. The van der Waals surface area contributed by atoms with Gasteiger partial charge in [0.25, 0.3) is 5.69 Å². The number of nitro groups is 1. The highest BCUT2D eigenvalue weighted by Gasteiger charge is 2.16. The number of amides is 1. The van der Waals surface area contributed by atoms with Gasteiger partial charge >= 0.3 is 0 Å². The lowest BCUT2D eigenvalue weighted by Crippen LogP contribution is -2.30. The first-order valence-electron chi connectivity index (χ1n) is 7.87. The van der Waals surface area contributed by atoms with E-state index >= 15 is 0 Å². The largest absolute Gasteiger partial charge is 0.497 e. The van der Waals surface area contributed by atoms with Crippen molar-refractivity contribution in [3.8, 4) is 11.5 Å². The van der Waals surface area contributed by atoms with E-state index in [9.17, 15) is 14.9 Å². The molecule has 0 saturated heterocycles. The molecule has 0 aliphatic carbocycles. The summed E-state index contributed by atoms with van der Waals surface area (Å²) in [4.78, 5) is 24.5. The van der Waals surface area contributed by atoms with Crippen LogP contribution in [-0.2, 0) is 11.3 Å². The highest BCUT2D eigenvalue weighted by molar-refractivity contribution is 5.94. The number of likely N-dealkylation sites (N-methyl/N-ethyl adjacent to an activating group) is 1. The molecule has 2 rings (SSSR count). The number of ether oxygens (including phenoxy) is 2. The third-order valence-electron chi connectivity index (χ3n) is 3.72. The molecule has 0 radical (unpaired) electrons. The van der Waals surface area contributed by atoms with E-state index in [1.807, 2.05) is 12.1 Å². The van der Waals surface area contributed by atoms with E-state index in [0.29, 0.717) is 18.0 Å². The second-order valence-electron chi connectivity index (χ2n) is 5.67. The summed E-state index contributed by atoms with van der Waals surface area (Å²) >= 11 is 0. The second-order valence-corrected chi connectivity index (χ2v) is 5.67. The average molecular weight is 359 g/mol. The third-order valence-corrected chi connectivity index (χ3v) is 3.72. The summed E-state index contributed by atoms with van der Waals surface area (Å²) in [6.45, 7) is 0.540. The van der Waals surface area contributed by atoms with Crippen LogP contribution in [-0.4, -0.2) is 43.5 Å². The zero-order chi connectivity index (χ0) is 19.1. The van der Waals surface area contributed by atoms with Crippen LogP contribution in [0.3, 0.4) is 0 Å². The summed E-state index contributed by atoms with van der Waals surface area (Å²) in [5, 5.41) is 13.6. The molecule has 0 aliphatic rings. The van der Waals surface area contributed by atoms with Gasteiger partial charge < -0.3 is 14.8 Å². The van der Waals surface area contributed by atoms with E-state index in [0.717, 1.165) is 5.56 Å². The Bertz CT molecular complexity index is 794. The van der Waals surface area contributed by atoms with Crippen molar-refractivity contribution in [2.75, 3.05) is 33.1 Å². The Balaban J connectivity index is 2.01. The number of carbonyl (C=O) groups excluding carboxylic acids is 1. The van der Waals surface area contributed by atoms with Gasteiger partial charge in [0.15, 0.2) is 0 Å². The quantitative estimate of drug-likeness (QED) is 0.575. The summed E-state index contributed by atoms with van der Waals surface area (Å²) in [7, 11) is 4.93. The Morgan fingerprint density at radius 1 is 1.19 bits per heavy atom. The van der Waals surface area contributed by atoms with Gasteiger partial charge in [0.05, 0.1) is 25.7 Å². The van der Waals surface area contributed by atoms with Crippen LogP contribution in [0.1, 0.15) is 5.56 Å². The molecule has 2 aromatic carbocycles. The molecule has 0 spiro atoms. The molecule has 1 amide bonds. The molecule has 0 atom stereocenters. The number of anilines is 1. The maximum absolute atomic E-state index is 12.2. The summed E-state index contributed by atoms with van der Waals surface area (Å²) in [5.74, 6) is 1.01. The summed E-state index contributed by atoms with van der Waals surface area (Å²) in [6.07, 6.45) is 0. The molecule has 8 nitrogen and oxygen atoms in total. The Hall–Kier alpha value is -3.13. The lowest BCUT2D eigenvalue weighted by atomic mass is 10.1. The fraction of sp³-hybridized carbons (Fsp3) is 0.278. The molecule has 138 valence electrons. The molecule has 0 aliphatic heterocycles. The van der Waals surface area contributed by atoms with Crippen LogP contribution in [0.5, 0.6) is 11.5 Å². The van der Waals surface area contributed by atoms with Gasteiger partial charge in [-0.25, -0.2) is 0 Å². The van der Waals surface area contributed by atoms with E-state index < -0.39 is 4.92 Å². The first-order chi connectivity index (χ1) is 12.4. The predicted octanol–water partition coefficient (Wildman–Crippen LogP) is 2.68. The highest BCUT2D eigenvalue weighted by Crippen LogP contribution is 2.26. The van der Waals surface area contributed by atoms with Gasteiger partial charge in [-0.2, -0.15) is 0 Å². The molecule has 8 heteroatoms. The van der Waals surface area contributed by atoms with Crippen molar-refractivity contribution in [1.82, 2.24) is 4.90 Å². The zero-order valence-corrected chi connectivity index (χ0v) is 14.9. The van der Waals surface area contributed by atoms with Crippen molar-refractivity contribution in [3.63, 3.8) is 0 Å². The van der Waals surface area contributed by atoms with E-state index in [1.54, 1.807) is 44.4 Å². The number of hydrogen-bond acceptors (Lipinski definition) is 6. The number of para-hydroxylation sites is 2. The van der Waals surface area contributed by atoms with Gasteiger partial charge in [-0.3, -0.25) is 19.8 Å². The third kappa shape index (κ3) is 4.93. The van der Waals surface area contributed by atoms with Crippen molar-refractivity contribution >= 4 is 17.3 Å². The van der Waals surface area contributed by atoms with Crippen LogP contribution in [0.2, 0.25) is 0 Å². The SMILES string of the molecule is COc1ccc(CN(C)CC(=O)Nc2ccccc2[N+](=O)[O-])c(OC)c1. The molecular formula is C18H21N3O5. The monoisotopic (exact) mass is 359 g/mol. The topological polar surface area (TPSA) is 93.9 Å². The first kappa shape index (κ1) is 19.2. The van der Waals surface area contributed by atoms with Crippen LogP contribution in [0.25, 0.3) is 0 Å². The van der Waals surface area contributed by atoms with E-state index in [1.165, 1.54) is 12.1 Å². The number of rotatable bonds is 8. The number of nitro benzene ring substituents is 1. The van der Waals surface area contributed by atoms with Crippen molar-refractivity contribution in [2.45, 2.75) is 6.54 Å². The Labute approximate surface area is 151 Å². The highest BCUT2D eigenvalue weighted by atomic mass is 16.6. The standard InChI is InChI=1S/C18H21N3O5/c1-20(11-13-8-9-14(25-2)10-17(13)26-3)12-18(22)19-15-6-4-5-7-16(15)21(23)24/h4-10H,11-12H2,1-3H3,(H,19,22). The zero-order valence-electron chi connectivity index (χ0n) is 14.9. The molecule has 0 unspecified atom stereocenters. The molecule has 1 N–H and O–H groups in total. The molecule has 0 saturated carbocycles. The van der Waals surface area contributed by atoms with Crippen LogP contribution in [0.4, 0.5) is 11.4 Å². The number of hydrogen-bond donors (Lipinski definition) is 1. The lowest BCUT2D eigenvalue weighted by molar-refractivity contribution is -0.383. The van der Waals surface area contributed by atoms with Crippen molar-refractivity contribution in [3.05, 3.63) is 58.1 Å². The maximum Gasteiger partial charge on any atom is 0.292 e. The smallest absolute Gasteiger partial charge is 0.292 e. The molecule has 0 heterocycles. The minimum atomic E-state index is -0.526. The number of nitrogens with zero attached hydrogens (tertiary/aromatic N) is 2. The second kappa shape index (κ2) is 8.82. The minimum Gasteiger partial charge on any atom is -0.497 e. The lowest BCUT2D eigenvalue weighted by Gasteiger charge is -2.18. The normalized spacial score (nSPS) is 10.5. The van der Waals surface area contributed by atoms with Gasteiger partial charge in [-0.05, 0) is 19.2 Å². The molecule has 0 fully saturated rings. The fourth-order valence-corrected chi connectivity index (χ4v) is 2.50. The fourth-order valence-electron chi connectivity index (χ4n) is 2.50. The first-order valence-corrected chi connectivity index (χ1v) is 7.87. The van der Waals surface area contributed by atoms with E-state index in [2.05, 4.69) is 5.32 Å². The summed E-state index contributed by atoms with van der Waals surface area (Å²) in [5.41, 5.74) is 0.938. The minimum absolute atomic E-state index is 0.0707. The van der Waals surface area contributed by atoms with E-state index in [-0.39, 0.29) is 23.8 Å². The molecule has 2 aromatic rings. The van der Waals surface area contributed by atoms with Crippen LogP contribution in [0.15, 0.2) is 42.5 Å². The van der Waals surface area contributed by atoms with Crippen molar-refractivity contribution in [2.24, 2.45) is 0 Å². The summed E-state index contributed by atoms with van der Waals surface area (Å²) in [6, 6.07) is 11.5. The van der Waals surface area contributed by atoms with E-state index in [4.69, 9.17) is 9.47 Å². The summed E-state index contributed by atoms with van der Waals surface area (Å²) < 4.78 is 10.5. The van der Waals surface area contributed by atoms with Crippen molar-refractivity contribution < 1.29 is 19.2 Å². The van der Waals surface area contributed by atoms with Crippen molar-refractivity contribution in [1.29, 1.82) is 0 Å². The van der Waals surface area contributed by atoms with Crippen LogP contribution in [0, 0.1) is 10.1 Å². The van der Waals surface area contributed by atoms with Gasteiger partial charge in [0, 0.05) is 24.2 Å². The predicted molar refractivity (Wildman–Crippen MR) is 97.6 cm³/mol. The molecular weight excluding hydrogens is 338 g/mol. The molecule has 26 heavy (non-hydrogen) atoms. The average Bonchev–Trinajstić information content (AvgIpc) is 2.62. The van der Waals surface area contributed by atoms with Gasteiger partial charge in [0.1, 0.15) is 17.2 Å². The van der Waals surface area contributed by atoms with Gasteiger partial charge in [-0.1, -0.05) is 18.2 Å². The number of methoxy groups -OCH3 is 2. The van der Waals surface area contributed by atoms with Gasteiger partial charge in [0.2, 0.25) is 5.91 Å². The molecule has 0 bridgehead atoms. The number of benzene rings is 2. The molecule has 0 aromatic heterocycles. The van der Waals surface area contributed by atoms with Gasteiger partial charge in [-0.15, -0.1) is 0 Å². The van der Waals surface area contributed by atoms with Crippen LogP contribution < -0.4 is 14.8 Å². The number of carbonyl (C=O) groups is 1.